The highest BCUT2D eigenvalue weighted by atomic mass is 32.1. The molecule has 1 heterocycles. The predicted molar refractivity (Wildman–Crippen MR) is 91.7 cm³/mol. The Labute approximate surface area is 133 Å². The SMILES string of the molecule is COc1ccc(OC(C)C)c2nc(Nc3ccccc3)sc12. The van der Waals surface area contributed by atoms with Crippen LogP contribution in [0.15, 0.2) is 42.5 Å². The molecule has 114 valence electrons. The van der Waals surface area contributed by atoms with Crippen LogP contribution >= 0.6 is 11.3 Å². The Kier molecular flexibility index (Phi) is 4.15. The lowest BCUT2D eigenvalue weighted by Crippen LogP contribution is -2.05. The molecular formula is C17H18N2O2S. The molecule has 0 aliphatic carbocycles. The average molecular weight is 314 g/mol. The second-order valence-electron chi connectivity index (χ2n) is 5.12. The number of thiazole rings is 1. The molecule has 1 N–H and O–H groups in total. The highest BCUT2D eigenvalue weighted by Gasteiger charge is 2.15. The van der Waals surface area contributed by atoms with E-state index in [4.69, 9.17) is 9.47 Å². The Hall–Kier alpha value is -2.27. The van der Waals surface area contributed by atoms with Crippen molar-refractivity contribution in [2.45, 2.75) is 20.0 Å². The molecule has 0 spiro atoms. The van der Waals surface area contributed by atoms with Crippen LogP contribution in [0.2, 0.25) is 0 Å². The number of benzene rings is 2. The number of aromatic nitrogens is 1. The van der Waals surface area contributed by atoms with Gasteiger partial charge in [0.15, 0.2) is 5.13 Å². The van der Waals surface area contributed by atoms with E-state index in [9.17, 15) is 0 Å². The molecule has 0 bridgehead atoms. The molecule has 4 nitrogen and oxygen atoms in total. The van der Waals surface area contributed by atoms with E-state index in [1.54, 1.807) is 18.4 Å². The summed E-state index contributed by atoms with van der Waals surface area (Å²) in [6, 6.07) is 13.8. The molecule has 1 aromatic heterocycles. The minimum atomic E-state index is 0.101. The van der Waals surface area contributed by atoms with Crippen molar-refractivity contribution in [1.29, 1.82) is 0 Å². The molecule has 0 radical (unpaired) electrons. The van der Waals surface area contributed by atoms with Gasteiger partial charge in [0.1, 0.15) is 21.7 Å². The Morgan fingerprint density at radius 1 is 1.05 bits per heavy atom. The lowest BCUT2D eigenvalue weighted by atomic mass is 10.3. The summed E-state index contributed by atoms with van der Waals surface area (Å²) < 4.78 is 12.3. The number of nitrogens with one attached hydrogen (secondary N) is 1. The smallest absolute Gasteiger partial charge is 0.188 e. The first-order chi connectivity index (χ1) is 10.7. The number of fused-ring (bicyclic) bond motifs is 1. The van der Waals surface area contributed by atoms with Crippen molar-refractivity contribution in [3.05, 3.63) is 42.5 Å². The summed E-state index contributed by atoms with van der Waals surface area (Å²) >= 11 is 1.56. The van der Waals surface area contributed by atoms with Crippen molar-refractivity contribution in [2.24, 2.45) is 0 Å². The maximum Gasteiger partial charge on any atom is 0.188 e. The monoisotopic (exact) mass is 314 g/mol. The van der Waals surface area contributed by atoms with Crippen molar-refractivity contribution < 1.29 is 9.47 Å². The molecule has 22 heavy (non-hydrogen) atoms. The fraction of sp³-hybridized carbons (Fsp3) is 0.235. The zero-order valence-electron chi connectivity index (χ0n) is 12.8. The molecule has 0 atom stereocenters. The minimum absolute atomic E-state index is 0.101. The molecule has 2 aromatic carbocycles. The zero-order chi connectivity index (χ0) is 15.5. The first kappa shape index (κ1) is 14.7. The van der Waals surface area contributed by atoms with Gasteiger partial charge in [0.25, 0.3) is 0 Å². The number of hydrogen-bond acceptors (Lipinski definition) is 5. The van der Waals surface area contributed by atoms with E-state index < -0.39 is 0 Å². The highest BCUT2D eigenvalue weighted by molar-refractivity contribution is 7.22. The highest BCUT2D eigenvalue weighted by Crippen LogP contribution is 2.39. The maximum absolute atomic E-state index is 5.85. The van der Waals surface area contributed by atoms with Gasteiger partial charge in [-0.05, 0) is 38.1 Å². The number of rotatable bonds is 5. The van der Waals surface area contributed by atoms with E-state index in [-0.39, 0.29) is 6.10 Å². The summed E-state index contributed by atoms with van der Waals surface area (Å²) in [7, 11) is 1.67. The largest absolute Gasteiger partial charge is 0.495 e. The topological polar surface area (TPSA) is 43.4 Å². The summed E-state index contributed by atoms with van der Waals surface area (Å²) in [5.74, 6) is 1.59. The van der Waals surface area contributed by atoms with Gasteiger partial charge in [-0.3, -0.25) is 0 Å². The lowest BCUT2D eigenvalue weighted by molar-refractivity contribution is 0.245. The van der Waals surface area contributed by atoms with Crippen molar-refractivity contribution >= 4 is 32.4 Å². The molecule has 0 saturated carbocycles. The Bertz CT molecular complexity index is 769. The van der Waals surface area contributed by atoms with Gasteiger partial charge >= 0.3 is 0 Å². The van der Waals surface area contributed by atoms with Crippen LogP contribution in [0, 0.1) is 0 Å². The first-order valence-electron chi connectivity index (χ1n) is 7.13. The van der Waals surface area contributed by atoms with Crippen molar-refractivity contribution in [3.63, 3.8) is 0 Å². The predicted octanol–water partition coefficient (Wildman–Crippen LogP) is 4.84. The van der Waals surface area contributed by atoms with E-state index in [1.165, 1.54) is 0 Å². The van der Waals surface area contributed by atoms with Crippen LogP contribution in [-0.2, 0) is 0 Å². The lowest BCUT2D eigenvalue weighted by Gasteiger charge is -2.11. The van der Waals surface area contributed by atoms with Crippen LogP contribution in [0.3, 0.4) is 0 Å². The normalized spacial score (nSPS) is 10.9. The van der Waals surface area contributed by atoms with Crippen LogP contribution in [0.1, 0.15) is 13.8 Å². The van der Waals surface area contributed by atoms with E-state index in [1.807, 2.05) is 56.3 Å². The van der Waals surface area contributed by atoms with Gasteiger partial charge in [-0.2, -0.15) is 0 Å². The number of ether oxygens (including phenoxy) is 2. The summed E-state index contributed by atoms with van der Waals surface area (Å²) in [5.41, 5.74) is 1.84. The van der Waals surface area contributed by atoms with E-state index >= 15 is 0 Å². The third-order valence-corrected chi connectivity index (χ3v) is 4.06. The van der Waals surface area contributed by atoms with Crippen molar-refractivity contribution in [2.75, 3.05) is 12.4 Å². The molecule has 0 amide bonds. The van der Waals surface area contributed by atoms with Gasteiger partial charge in [-0.15, -0.1) is 0 Å². The summed E-state index contributed by atoms with van der Waals surface area (Å²) in [6.07, 6.45) is 0.101. The summed E-state index contributed by atoms with van der Waals surface area (Å²) in [6.45, 7) is 4.01. The third-order valence-electron chi connectivity index (χ3n) is 3.08. The molecule has 0 saturated heterocycles. The quantitative estimate of drug-likeness (QED) is 0.732. The molecule has 3 aromatic rings. The van der Waals surface area contributed by atoms with Crippen molar-refractivity contribution in [3.8, 4) is 11.5 Å². The number of hydrogen-bond donors (Lipinski definition) is 1. The fourth-order valence-corrected chi connectivity index (χ4v) is 3.16. The number of para-hydroxylation sites is 1. The van der Waals surface area contributed by atoms with Crippen LogP contribution in [0.5, 0.6) is 11.5 Å². The minimum Gasteiger partial charge on any atom is -0.495 e. The molecule has 0 unspecified atom stereocenters. The van der Waals surface area contributed by atoms with Crippen LogP contribution in [0.4, 0.5) is 10.8 Å². The second-order valence-corrected chi connectivity index (χ2v) is 6.12. The standard InChI is InChI=1S/C17H18N2O2S/c1-11(2)21-13-9-10-14(20-3)16-15(13)19-17(22-16)18-12-7-5-4-6-8-12/h4-11H,1-3H3,(H,18,19). The van der Waals surface area contributed by atoms with Gasteiger partial charge in [-0.25, -0.2) is 4.98 Å². The number of methoxy groups -OCH3 is 1. The van der Waals surface area contributed by atoms with Gasteiger partial charge in [-0.1, -0.05) is 29.5 Å². The van der Waals surface area contributed by atoms with Gasteiger partial charge in [0, 0.05) is 5.69 Å². The Morgan fingerprint density at radius 3 is 2.45 bits per heavy atom. The summed E-state index contributed by atoms with van der Waals surface area (Å²) in [5, 5.41) is 4.14. The Balaban J connectivity index is 2.02. The third kappa shape index (κ3) is 2.99. The zero-order valence-corrected chi connectivity index (χ0v) is 13.6. The molecule has 0 aliphatic heterocycles. The van der Waals surface area contributed by atoms with Gasteiger partial charge < -0.3 is 14.8 Å². The molecule has 5 heteroatoms. The molecule has 3 rings (SSSR count). The maximum atomic E-state index is 5.85. The number of nitrogens with zero attached hydrogens (tertiary/aromatic N) is 1. The first-order valence-corrected chi connectivity index (χ1v) is 7.95. The number of anilines is 2. The van der Waals surface area contributed by atoms with Crippen LogP contribution < -0.4 is 14.8 Å². The van der Waals surface area contributed by atoms with E-state index in [0.717, 1.165) is 32.5 Å². The van der Waals surface area contributed by atoms with E-state index in [2.05, 4.69) is 10.3 Å². The molecular weight excluding hydrogens is 296 g/mol. The molecule has 0 fully saturated rings. The Morgan fingerprint density at radius 2 is 1.77 bits per heavy atom. The molecule has 0 aliphatic rings. The second kappa shape index (κ2) is 6.23. The average Bonchev–Trinajstić information content (AvgIpc) is 2.92. The van der Waals surface area contributed by atoms with Gasteiger partial charge in [0.05, 0.1) is 13.2 Å². The van der Waals surface area contributed by atoms with Crippen molar-refractivity contribution in [1.82, 2.24) is 4.98 Å². The van der Waals surface area contributed by atoms with E-state index in [0.29, 0.717) is 0 Å². The fourth-order valence-electron chi connectivity index (χ4n) is 2.17. The van der Waals surface area contributed by atoms with Crippen LogP contribution in [0.25, 0.3) is 10.2 Å². The summed E-state index contributed by atoms with van der Waals surface area (Å²) in [4.78, 5) is 4.67. The van der Waals surface area contributed by atoms with Crippen LogP contribution in [-0.4, -0.2) is 18.2 Å². The van der Waals surface area contributed by atoms with Gasteiger partial charge in [0.2, 0.25) is 0 Å².